The highest BCUT2D eigenvalue weighted by molar-refractivity contribution is 6.21. The molecule has 0 unspecified atom stereocenters. The first-order valence-corrected chi connectivity index (χ1v) is 12.3. The molecule has 0 spiro atoms. The zero-order valence-corrected chi connectivity index (χ0v) is 20.5. The maximum atomic E-state index is 9.13. The van der Waals surface area contributed by atoms with Gasteiger partial charge < -0.3 is 10.3 Å². The Morgan fingerprint density at radius 1 is 0.757 bits per heavy atom. The molecule has 6 aromatic rings. The average Bonchev–Trinajstić information content (AvgIpc) is 3.30. The quantitative estimate of drug-likeness (QED) is 0.206. The molecule has 0 fully saturated rings. The Balaban J connectivity index is 1.61. The Bertz CT molecular complexity index is 1900. The molecule has 0 saturated carbocycles. The lowest BCUT2D eigenvalue weighted by Crippen LogP contribution is -1.94. The molecule has 3 heteroatoms. The summed E-state index contributed by atoms with van der Waals surface area (Å²) >= 11 is 0. The van der Waals surface area contributed by atoms with Crippen molar-refractivity contribution in [2.75, 3.05) is 0 Å². The van der Waals surface area contributed by atoms with E-state index < -0.39 is 0 Å². The lowest BCUT2D eigenvalue weighted by molar-refractivity contribution is 1.18. The minimum atomic E-state index is 0.194. The lowest BCUT2D eigenvalue weighted by atomic mass is 9.97. The first kappa shape index (κ1) is 22.4. The van der Waals surface area contributed by atoms with Crippen molar-refractivity contribution in [1.82, 2.24) is 4.57 Å². The number of allylic oxidation sites excluding steroid dienone is 4. The predicted molar refractivity (Wildman–Crippen MR) is 155 cm³/mol. The summed E-state index contributed by atoms with van der Waals surface area (Å²) in [7, 11) is 0. The van der Waals surface area contributed by atoms with Gasteiger partial charge in [0.05, 0.1) is 11.0 Å². The third kappa shape index (κ3) is 3.86. The zero-order chi connectivity index (χ0) is 25.4. The predicted octanol–water partition coefficient (Wildman–Crippen LogP) is 8.37. The Labute approximate surface area is 216 Å². The molecule has 0 atom stereocenters. The molecule has 6 rings (SSSR count). The molecule has 0 bridgehead atoms. The standard InChI is InChI=1S/C34H25N3/c1-2-23(20-28(36)22-35)25-10-8-11-26(19-25)27-15-17-31-33(21-27)37(29-12-4-3-5-13-29)32-18-16-24-9-6-7-14-30(24)34(31)32/h2-21H,36H2,1H3/b23-2+,28-20-. The molecule has 176 valence electrons. The van der Waals surface area contributed by atoms with E-state index in [2.05, 4.69) is 108 Å². The number of aromatic nitrogens is 1. The Hall–Kier alpha value is -5.07. The second kappa shape index (κ2) is 9.18. The number of nitrogens with two attached hydrogens (primary N) is 1. The van der Waals surface area contributed by atoms with E-state index in [1.807, 2.05) is 25.1 Å². The summed E-state index contributed by atoms with van der Waals surface area (Å²) in [5.41, 5.74) is 13.7. The van der Waals surface area contributed by atoms with Gasteiger partial charge in [-0.2, -0.15) is 5.26 Å². The van der Waals surface area contributed by atoms with E-state index in [0.717, 1.165) is 28.0 Å². The fourth-order valence-electron chi connectivity index (χ4n) is 5.23. The average molecular weight is 476 g/mol. The third-order valence-corrected chi connectivity index (χ3v) is 6.95. The Morgan fingerprint density at radius 3 is 2.35 bits per heavy atom. The smallest absolute Gasteiger partial charge is 0.117 e. The van der Waals surface area contributed by atoms with Gasteiger partial charge in [-0.05, 0) is 76.4 Å². The van der Waals surface area contributed by atoms with Gasteiger partial charge in [-0.1, -0.05) is 84.9 Å². The van der Waals surface area contributed by atoms with Crippen LogP contribution in [-0.4, -0.2) is 4.57 Å². The monoisotopic (exact) mass is 475 g/mol. The highest BCUT2D eigenvalue weighted by Gasteiger charge is 2.15. The molecule has 1 heterocycles. The maximum absolute atomic E-state index is 9.13. The summed E-state index contributed by atoms with van der Waals surface area (Å²) in [6.07, 6.45) is 3.70. The second-order valence-corrected chi connectivity index (χ2v) is 9.12. The number of benzene rings is 5. The van der Waals surface area contributed by atoms with Crippen LogP contribution >= 0.6 is 0 Å². The number of fused-ring (bicyclic) bond motifs is 5. The van der Waals surface area contributed by atoms with Gasteiger partial charge in [-0.25, -0.2) is 0 Å². The molecule has 5 aromatic carbocycles. The van der Waals surface area contributed by atoms with E-state index in [9.17, 15) is 0 Å². The molecule has 0 saturated heterocycles. The number of nitriles is 1. The summed E-state index contributed by atoms with van der Waals surface area (Å²) in [6, 6.07) is 40.7. The number of para-hydroxylation sites is 1. The number of nitrogens with zero attached hydrogens (tertiary/aromatic N) is 2. The van der Waals surface area contributed by atoms with E-state index in [1.165, 1.54) is 32.6 Å². The maximum Gasteiger partial charge on any atom is 0.117 e. The summed E-state index contributed by atoms with van der Waals surface area (Å²) in [6.45, 7) is 1.96. The van der Waals surface area contributed by atoms with Crippen LogP contribution in [0.3, 0.4) is 0 Å². The zero-order valence-electron chi connectivity index (χ0n) is 20.5. The van der Waals surface area contributed by atoms with E-state index in [-0.39, 0.29) is 5.70 Å². The molecule has 0 aliphatic heterocycles. The van der Waals surface area contributed by atoms with E-state index in [1.54, 1.807) is 6.08 Å². The van der Waals surface area contributed by atoms with Gasteiger partial charge in [-0.3, -0.25) is 0 Å². The molecule has 1 aromatic heterocycles. The lowest BCUT2D eigenvalue weighted by Gasteiger charge is -2.10. The molecule has 0 radical (unpaired) electrons. The normalized spacial score (nSPS) is 12.3. The molecule has 3 nitrogen and oxygen atoms in total. The highest BCUT2D eigenvalue weighted by Crippen LogP contribution is 2.38. The second-order valence-electron chi connectivity index (χ2n) is 9.12. The van der Waals surface area contributed by atoms with Crippen LogP contribution in [0.2, 0.25) is 0 Å². The van der Waals surface area contributed by atoms with Gasteiger partial charge in [0.2, 0.25) is 0 Å². The van der Waals surface area contributed by atoms with E-state index >= 15 is 0 Å². The van der Waals surface area contributed by atoms with Crippen LogP contribution in [0.25, 0.3) is 55.0 Å². The van der Waals surface area contributed by atoms with E-state index in [0.29, 0.717) is 0 Å². The van der Waals surface area contributed by atoms with Crippen molar-refractivity contribution < 1.29 is 0 Å². The fraction of sp³-hybridized carbons (Fsp3) is 0.0294. The van der Waals surface area contributed by atoms with Crippen LogP contribution in [-0.2, 0) is 0 Å². The molecule has 2 N–H and O–H groups in total. The molecular formula is C34H25N3. The van der Waals surface area contributed by atoms with Crippen LogP contribution < -0.4 is 5.73 Å². The van der Waals surface area contributed by atoms with Crippen LogP contribution in [0.5, 0.6) is 0 Å². The van der Waals surface area contributed by atoms with Crippen molar-refractivity contribution in [3.05, 3.63) is 133 Å². The molecule has 0 amide bonds. The largest absolute Gasteiger partial charge is 0.390 e. The summed E-state index contributed by atoms with van der Waals surface area (Å²) in [5, 5.41) is 14.1. The van der Waals surface area contributed by atoms with Crippen molar-refractivity contribution >= 4 is 38.2 Å². The highest BCUT2D eigenvalue weighted by atomic mass is 15.0. The van der Waals surface area contributed by atoms with Crippen molar-refractivity contribution in [2.45, 2.75) is 6.92 Å². The van der Waals surface area contributed by atoms with Crippen LogP contribution in [0.4, 0.5) is 0 Å². The number of hydrogen-bond donors (Lipinski definition) is 1. The first-order valence-electron chi connectivity index (χ1n) is 12.3. The fourth-order valence-corrected chi connectivity index (χ4v) is 5.23. The molecule has 0 aliphatic rings. The first-order chi connectivity index (χ1) is 18.2. The van der Waals surface area contributed by atoms with Gasteiger partial charge in [0.25, 0.3) is 0 Å². The van der Waals surface area contributed by atoms with E-state index in [4.69, 9.17) is 11.0 Å². The third-order valence-electron chi connectivity index (χ3n) is 6.95. The van der Waals surface area contributed by atoms with Crippen molar-refractivity contribution in [3.63, 3.8) is 0 Å². The van der Waals surface area contributed by atoms with Crippen LogP contribution in [0.15, 0.2) is 127 Å². The molecule has 0 aliphatic carbocycles. The van der Waals surface area contributed by atoms with Gasteiger partial charge in [0.15, 0.2) is 0 Å². The summed E-state index contributed by atoms with van der Waals surface area (Å²) < 4.78 is 2.36. The SMILES string of the molecule is C/C=C(\C=C(/N)C#N)c1cccc(-c2ccc3c4c5ccccc5ccc4n(-c4ccccc4)c3c2)c1. The van der Waals surface area contributed by atoms with Gasteiger partial charge in [-0.15, -0.1) is 0 Å². The van der Waals surface area contributed by atoms with Gasteiger partial charge in [0.1, 0.15) is 11.8 Å². The van der Waals surface area contributed by atoms with Crippen molar-refractivity contribution in [3.8, 4) is 22.9 Å². The van der Waals surface area contributed by atoms with Gasteiger partial charge in [0, 0.05) is 16.5 Å². The summed E-state index contributed by atoms with van der Waals surface area (Å²) in [5.74, 6) is 0. The van der Waals surface area contributed by atoms with Crippen molar-refractivity contribution in [1.29, 1.82) is 5.26 Å². The van der Waals surface area contributed by atoms with Crippen LogP contribution in [0, 0.1) is 11.3 Å². The number of hydrogen-bond acceptors (Lipinski definition) is 2. The minimum absolute atomic E-state index is 0.194. The Kier molecular flexibility index (Phi) is 5.56. The molecular weight excluding hydrogens is 450 g/mol. The summed E-state index contributed by atoms with van der Waals surface area (Å²) in [4.78, 5) is 0. The number of rotatable bonds is 4. The van der Waals surface area contributed by atoms with Gasteiger partial charge >= 0.3 is 0 Å². The topological polar surface area (TPSA) is 54.7 Å². The minimum Gasteiger partial charge on any atom is -0.390 e. The van der Waals surface area contributed by atoms with Crippen LogP contribution in [0.1, 0.15) is 12.5 Å². The van der Waals surface area contributed by atoms with Crippen molar-refractivity contribution in [2.24, 2.45) is 5.73 Å². The molecule has 37 heavy (non-hydrogen) atoms. The Morgan fingerprint density at radius 2 is 1.54 bits per heavy atom.